The first kappa shape index (κ1) is 11.8. The van der Waals surface area contributed by atoms with Crippen LogP contribution in [0.4, 0.5) is 0 Å². The minimum atomic E-state index is -0.411. The number of benzene rings is 1. The molecule has 1 aliphatic heterocycles. The molecule has 0 spiro atoms. The van der Waals surface area contributed by atoms with Gasteiger partial charge in [-0.25, -0.2) is 0 Å². The molecule has 2 rings (SSSR count). The lowest BCUT2D eigenvalue weighted by atomic mass is 9.84. The van der Waals surface area contributed by atoms with Crippen molar-refractivity contribution in [3.8, 4) is 0 Å². The lowest BCUT2D eigenvalue weighted by Crippen LogP contribution is -2.54. The molecule has 0 saturated carbocycles. The molecule has 0 atom stereocenters. The molecule has 1 aliphatic rings. The fourth-order valence-corrected chi connectivity index (χ4v) is 2.35. The first-order valence-electron chi connectivity index (χ1n) is 5.16. The van der Waals surface area contributed by atoms with E-state index in [9.17, 15) is 4.79 Å². The van der Waals surface area contributed by atoms with Gasteiger partial charge < -0.3 is 10.5 Å². The molecule has 1 saturated heterocycles. The number of ether oxygens (including phenoxy) is 1. The predicted molar refractivity (Wildman–Crippen MR) is 65.2 cm³/mol. The zero-order valence-electron chi connectivity index (χ0n) is 9.13. The number of hydrogen-bond acceptors (Lipinski definition) is 3. The van der Waals surface area contributed by atoms with Gasteiger partial charge in [-0.15, -0.1) is 0 Å². The Balaban J connectivity index is 2.39. The number of rotatable bonds is 3. The molecule has 0 aliphatic carbocycles. The standard InChI is InChI=1S/C12H14BrNO2/c1-8(15)4-9-5-10(13)2-3-11(9)12(14)6-16-7-12/h2-3,5H,4,6-7,14H2,1H3. The summed E-state index contributed by atoms with van der Waals surface area (Å²) in [5.74, 6) is 0.142. The normalized spacial score (nSPS) is 17.9. The van der Waals surface area contributed by atoms with Crippen molar-refractivity contribution >= 4 is 21.7 Å². The predicted octanol–water partition coefficient (Wildman–Crippen LogP) is 1.76. The molecule has 2 N–H and O–H groups in total. The Morgan fingerprint density at radius 1 is 1.56 bits per heavy atom. The Hall–Kier alpha value is -0.710. The monoisotopic (exact) mass is 283 g/mol. The van der Waals surface area contributed by atoms with E-state index >= 15 is 0 Å². The molecule has 1 aromatic carbocycles. The van der Waals surface area contributed by atoms with E-state index in [4.69, 9.17) is 10.5 Å². The van der Waals surface area contributed by atoms with E-state index in [1.807, 2.05) is 18.2 Å². The summed E-state index contributed by atoms with van der Waals surface area (Å²) in [6.45, 7) is 2.64. The zero-order valence-corrected chi connectivity index (χ0v) is 10.7. The summed E-state index contributed by atoms with van der Waals surface area (Å²) in [6, 6.07) is 5.89. The first-order chi connectivity index (χ1) is 7.51. The molecule has 0 aromatic heterocycles. The minimum Gasteiger partial charge on any atom is -0.377 e. The van der Waals surface area contributed by atoms with Gasteiger partial charge in [0.1, 0.15) is 5.78 Å². The fourth-order valence-electron chi connectivity index (χ4n) is 1.94. The van der Waals surface area contributed by atoms with E-state index < -0.39 is 5.54 Å². The highest BCUT2D eigenvalue weighted by Gasteiger charge is 2.37. The van der Waals surface area contributed by atoms with E-state index in [0.29, 0.717) is 19.6 Å². The summed E-state index contributed by atoms with van der Waals surface area (Å²) in [6.07, 6.45) is 0.424. The first-order valence-corrected chi connectivity index (χ1v) is 5.95. The number of halogens is 1. The van der Waals surface area contributed by atoms with Gasteiger partial charge in [0.15, 0.2) is 0 Å². The van der Waals surface area contributed by atoms with Gasteiger partial charge in [-0.2, -0.15) is 0 Å². The summed E-state index contributed by atoms with van der Waals surface area (Å²) in [4.78, 5) is 11.2. The van der Waals surface area contributed by atoms with E-state index in [1.165, 1.54) is 0 Å². The lowest BCUT2D eigenvalue weighted by molar-refractivity contribution is -0.116. The fraction of sp³-hybridized carbons (Fsp3) is 0.417. The average molecular weight is 284 g/mol. The molecule has 4 heteroatoms. The van der Waals surface area contributed by atoms with E-state index in [2.05, 4.69) is 15.9 Å². The van der Waals surface area contributed by atoms with Crippen LogP contribution in [0.5, 0.6) is 0 Å². The summed E-state index contributed by atoms with van der Waals surface area (Å²) in [5.41, 5.74) is 7.81. The Bertz CT molecular complexity index is 427. The van der Waals surface area contributed by atoms with Crippen LogP contribution in [0.1, 0.15) is 18.1 Å². The van der Waals surface area contributed by atoms with Gasteiger partial charge in [0, 0.05) is 10.9 Å². The van der Waals surface area contributed by atoms with Crippen LogP contribution >= 0.6 is 15.9 Å². The molecule has 86 valence electrons. The zero-order chi connectivity index (χ0) is 11.8. The van der Waals surface area contributed by atoms with E-state index in [-0.39, 0.29) is 5.78 Å². The molecule has 3 nitrogen and oxygen atoms in total. The van der Waals surface area contributed by atoms with Gasteiger partial charge in [-0.1, -0.05) is 22.0 Å². The minimum absolute atomic E-state index is 0.142. The quantitative estimate of drug-likeness (QED) is 0.920. The van der Waals surface area contributed by atoms with Crippen LogP contribution in [-0.2, 0) is 21.5 Å². The van der Waals surface area contributed by atoms with Gasteiger partial charge >= 0.3 is 0 Å². The Morgan fingerprint density at radius 3 is 2.75 bits per heavy atom. The summed E-state index contributed by atoms with van der Waals surface area (Å²) >= 11 is 3.41. The molecule has 1 aromatic rings. The van der Waals surface area contributed by atoms with Gasteiger partial charge in [0.25, 0.3) is 0 Å². The Morgan fingerprint density at radius 2 is 2.25 bits per heavy atom. The van der Waals surface area contributed by atoms with Crippen LogP contribution in [0.3, 0.4) is 0 Å². The molecule has 0 amide bonds. The van der Waals surface area contributed by atoms with Crippen LogP contribution in [-0.4, -0.2) is 19.0 Å². The largest absolute Gasteiger partial charge is 0.377 e. The molecular weight excluding hydrogens is 270 g/mol. The number of ketones is 1. The second kappa shape index (κ2) is 4.28. The van der Waals surface area contributed by atoms with Crippen molar-refractivity contribution in [1.82, 2.24) is 0 Å². The SMILES string of the molecule is CC(=O)Cc1cc(Br)ccc1C1(N)COC1. The molecule has 1 heterocycles. The molecule has 0 radical (unpaired) electrons. The highest BCUT2D eigenvalue weighted by Crippen LogP contribution is 2.31. The van der Waals surface area contributed by atoms with Gasteiger partial charge in [0.05, 0.1) is 18.8 Å². The third-order valence-corrected chi connectivity index (χ3v) is 3.26. The smallest absolute Gasteiger partial charge is 0.134 e. The Kier molecular flexibility index (Phi) is 3.15. The number of carbonyl (C=O) groups excluding carboxylic acids is 1. The summed E-state index contributed by atoms with van der Waals surface area (Å²) in [7, 11) is 0. The lowest BCUT2D eigenvalue weighted by Gasteiger charge is -2.39. The van der Waals surface area contributed by atoms with E-state index in [1.54, 1.807) is 6.92 Å². The third kappa shape index (κ3) is 2.19. The molecule has 1 fully saturated rings. The van der Waals surface area contributed by atoms with Crippen LogP contribution < -0.4 is 5.73 Å². The number of nitrogens with two attached hydrogens (primary N) is 1. The Labute approximate surface area is 103 Å². The highest BCUT2D eigenvalue weighted by atomic mass is 79.9. The second-order valence-electron chi connectivity index (χ2n) is 4.33. The number of carbonyl (C=O) groups is 1. The van der Waals surface area contributed by atoms with Gasteiger partial charge in [-0.05, 0) is 30.2 Å². The molecule has 16 heavy (non-hydrogen) atoms. The van der Waals surface area contributed by atoms with Gasteiger partial charge in [-0.3, -0.25) is 4.79 Å². The molecular formula is C12H14BrNO2. The van der Waals surface area contributed by atoms with Gasteiger partial charge in [0.2, 0.25) is 0 Å². The van der Waals surface area contributed by atoms with Crippen LogP contribution in [0.15, 0.2) is 22.7 Å². The van der Waals surface area contributed by atoms with Crippen molar-refractivity contribution in [3.63, 3.8) is 0 Å². The van der Waals surface area contributed by atoms with Crippen molar-refractivity contribution < 1.29 is 9.53 Å². The number of hydrogen-bond donors (Lipinski definition) is 1. The second-order valence-corrected chi connectivity index (χ2v) is 5.24. The van der Waals surface area contributed by atoms with Crippen LogP contribution in [0, 0.1) is 0 Å². The number of Topliss-reactive ketones (excluding diaryl/α,β-unsaturated/α-hetero) is 1. The average Bonchev–Trinajstić information content (AvgIpc) is 2.13. The summed E-state index contributed by atoms with van der Waals surface area (Å²) < 4.78 is 6.13. The summed E-state index contributed by atoms with van der Waals surface area (Å²) in [5, 5.41) is 0. The third-order valence-electron chi connectivity index (χ3n) is 2.76. The highest BCUT2D eigenvalue weighted by molar-refractivity contribution is 9.10. The topological polar surface area (TPSA) is 52.3 Å². The van der Waals surface area contributed by atoms with Crippen molar-refractivity contribution in [2.75, 3.05) is 13.2 Å². The maximum Gasteiger partial charge on any atom is 0.134 e. The van der Waals surface area contributed by atoms with Crippen molar-refractivity contribution in [2.45, 2.75) is 18.9 Å². The maximum atomic E-state index is 11.2. The molecule has 0 unspecified atom stereocenters. The van der Waals surface area contributed by atoms with Crippen molar-refractivity contribution in [1.29, 1.82) is 0 Å². The molecule has 0 bridgehead atoms. The maximum absolute atomic E-state index is 11.2. The van der Waals surface area contributed by atoms with E-state index in [0.717, 1.165) is 15.6 Å². The van der Waals surface area contributed by atoms with Crippen molar-refractivity contribution in [3.05, 3.63) is 33.8 Å². The van der Waals surface area contributed by atoms with Crippen LogP contribution in [0.2, 0.25) is 0 Å². The van der Waals surface area contributed by atoms with Crippen LogP contribution in [0.25, 0.3) is 0 Å². The van der Waals surface area contributed by atoms with Crippen molar-refractivity contribution in [2.24, 2.45) is 5.73 Å².